The zero-order valence-corrected chi connectivity index (χ0v) is 22.5. The van der Waals surface area contributed by atoms with Crippen LogP contribution in [-0.4, -0.2) is 52.3 Å². The van der Waals surface area contributed by atoms with Crippen LogP contribution in [0.5, 0.6) is 0 Å². The Balaban J connectivity index is 1.46. The smallest absolute Gasteiger partial charge is 0.399 e. The van der Waals surface area contributed by atoms with E-state index < -0.39 is 41.0 Å². The van der Waals surface area contributed by atoms with Crippen molar-refractivity contribution >= 4 is 34.5 Å². The molecule has 3 aromatic carbocycles. The van der Waals surface area contributed by atoms with Gasteiger partial charge in [0.1, 0.15) is 0 Å². The van der Waals surface area contributed by atoms with Gasteiger partial charge in [-0.05, 0) is 60.0 Å². The zero-order chi connectivity index (χ0) is 30.9. The van der Waals surface area contributed by atoms with Crippen LogP contribution in [0.1, 0.15) is 32.6 Å². The maximum Gasteiger partial charge on any atom is 0.416 e. The van der Waals surface area contributed by atoms with Crippen LogP contribution in [-0.2, 0) is 23.6 Å². The summed E-state index contributed by atoms with van der Waals surface area (Å²) in [6, 6.07) is 14.3. The quantitative estimate of drug-likeness (QED) is 0.158. The Labute approximate surface area is 242 Å². The molecule has 0 aliphatic carbocycles. The molecule has 224 valence electrons. The average molecular weight is 601 g/mol. The number of alkyl halides is 6. The highest BCUT2D eigenvalue weighted by Gasteiger charge is 2.39. The number of nitrogen functional groups attached to an aromatic ring is 1. The number of nitrogens with one attached hydrogen (secondary N) is 1. The van der Waals surface area contributed by atoms with Crippen molar-refractivity contribution in [3.63, 3.8) is 0 Å². The van der Waals surface area contributed by atoms with Gasteiger partial charge in [-0.3, -0.25) is 9.59 Å². The summed E-state index contributed by atoms with van der Waals surface area (Å²) in [7, 11) is 0. The van der Waals surface area contributed by atoms with Crippen molar-refractivity contribution in [3.8, 4) is 0 Å². The molecule has 43 heavy (non-hydrogen) atoms. The molecular weight excluding hydrogens is 574 g/mol. The molecule has 5 rings (SSSR count). The Morgan fingerprint density at radius 2 is 1.56 bits per heavy atom. The lowest BCUT2D eigenvalue weighted by Gasteiger charge is -2.41. The molecule has 0 spiro atoms. The fourth-order valence-corrected chi connectivity index (χ4v) is 5.18. The second kappa shape index (κ2) is 11.5. The van der Waals surface area contributed by atoms with Crippen LogP contribution in [0.2, 0.25) is 0 Å². The molecule has 2 heterocycles. The summed E-state index contributed by atoms with van der Waals surface area (Å²) in [4.78, 5) is 32.6. The van der Waals surface area contributed by atoms with Crippen molar-refractivity contribution < 1.29 is 35.9 Å². The summed E-state index contributed by atoms with van der Waals surface area (Å²) in [6.07, 6.45) is -5.28. The van der Waals surface area contributed by atoms with E-state index in [1.165, 1.54) is 15.9 Å². The van der Waals surface area contributed by atoms with Gasteiger partial charge in [0.05, 0.1) is 17.2 Å². The van der Waals surface area contributed by atoms with E-state index in [9.17, 15) is 35.9 Å². The van der Waals surface area contributed by atoms with Gasteiger partial charge >= 0.3 is 12.4 Å². The molecule has 0 unspecified atom stereocenters. The summed E-state index contributed by atoms with van der Waals surface area (Å²) in [6.45, 7) is -0.0434. The van der Waals surface area contributed by atoms with Crippen molar-refractivity contribution in [1.82, 2.24) is 14.8 Å². The number of fused-ring (bicyclic) bond motifs is 1. The molecule has 1 saturated heterocycles. The molecule has 1 aliphatic rings. The first-order valence-corrected chi connectivity index (χ1v) is 13.3. The monoisotopic (exact) mass is 600 g/mol. The standard InChI is InChI=1S/C31H26F6N4O2/c32-30(33,34)22-13-20(14-23(16-22)31(35,36)37)29(43)41-12-11-40(28(42)10-7-19-5-8-24(38)9-6-19)18-25(41)15-21-17-39-27-4-2-1-3-26(21)27/h1-10,13-14,16-17,25,39H,11-12,15,18,38H2/t25-/m1/s1. The molecule has 1 atom stereocenters. The van der Waals surface area contributed by atoms with Crippen LogP contribution in [0.15, 0.2) is 79.0 Å². The van der Waals surface area contributed by atoms with Gasteiger partial charge in [-0.15, -0.1) is 0 Å². The Hall–Kier alpha value is -4.74. The van der Waals surface area contributed by atoms with Crippen LogP contribution in [0.4, 0.5) is 32.0 Å². The number of hydrogen-bond acceptors (Lipinski definition) is 3. The number of rotatable bonds is 5. The number of nitrogens with zero attached hydrogens (tertiary/aromatic N) is 2. The van der Waals surface area contributed by atoms with Gasteiger partial charge in [-0.1, -0.05) is 30.3 Å². The minimum absolute atomic E-state index is 0.00971. The van der Waals surface area contributed by atoms with E-state index >= 15 is 0 Å². The predicted octanol–water partition coefficient (Wildman–Crippen LogP) is 6.40. The maximum absolute atomic E-state index is 13.6. The summed E-state index contributed by atoms with van der Waals surface area (Å²) in [5.41, 5.74) is 4.73. The molecule has 6 nitrogen and oxygen atoms in total. The Kier molecular flexibility index (Phi) is 7.96. The topological polar surface area (TPSA) is 82.4 Å². The number of nitrogens with two attached hydrogens (primary N) is 1. The Bertz CT molecular complexity index is 1640. The number of H-pyrrole nitrogens is 1. The minimum Gasteiger partial charge on any atom is -0.399 e. The van der Waals surface area contributed by atoms with E-state index in [2.05, 4.69) is 4.98 Å². The number of anilines is 1. The zero-order valence-electron chi connectivity index (χ0n) is 22.5. The van der Waals surface area contributed by atoms with Gasteiger partial charge in [0, 0.05) is 54.1 Å². The van der Waals surface area contributed by atoms with Crippen molar-refractivity contribution in [3.05, 3.63) is 107 Å². The molecule has 1 fully saturated rings. The number of halogens is 6. The fraction of sp³-hybridized carbons (Fsp3) is 0.226. The SMILES string of the molecule is Nc1ccc(C=CC(=O)N2CCN(C(=O)c3cc(C(F)(F)F)cc(C(F)(F)F)c3)[C@H](Cc3c[nH]c4ccccc34)C2)cc1. The number of piperazine rings is 1. The van der Waals surface area contributed by atoms with E-state index in [1.807, 2.05) is 24.3 Å². The Morgan fingerprint density at radius 3 is 2.21 bits per heavy atom. The highest BCUT2D eigenvalue weighted by Crippen LogP contribution is 2.37. The molecule has 3 N–H and O–H groups in total. The molecule has 0 bridgehead atoms. The summed E-state index contributed by atoms with van der Waals surface area (Å²) in [5.74, 6) is -1.34. The van der Waals surface area contributed by atoms with Crippen LogP contribution >= 0.6 is 0 Å². The lowest BCUT2D eigenvalue weighted by Crippen LogP contribution is -2.57. The largest absolute Gasteiger partial charge is 0.416 e. The molecule has 4 aromatic rings. The van der Waals surface area contributed by atoms with Crippen molar-refractivity contribution in [1.29, 1.82) is 0 Å². The van der Waals surface area contributed by atoms with Crippen LogP contribution in [0.3, 0.4) is 0 Å². The van der Waals surface area contributed by atoms with Gasteiger partial charge in [0.15, 0.2) is 0 Å². The summed E-state index contributed by atoms with van der Waals surface area (Å²) in [5, 5.41) is 0.847. The number of carbonyl (C=O) groups excluding carboxylic acids is 2. The first kappa shape index (κ1) is 29.7. The average Bonchev–Trinajstić information content (AvgIpc) is 3.38. The number of carbonyl (C=O) groups is 2. The number of amides is 2. The van der Waals surface area contributed by atoms with Crippen LogP contribution < -0.4 is 5.73 Å². The lowest BCUT2D eigenvalue weighted by atomic mass is 9.98. The molecule has 2 amide bonds. The first-order valence-electron chi connectivity index (χ1n) is 13.3. The van der Waals surface area contributed by atoms with E-state index in [0.717, 1.165) is 22.0 Å². The van der Waals surface area contributed by atoms with E-state index in [-0.39, 0.29) is 38.0 Å². The highest BCUT2D eigenvalue weighted by molar-refractivity contribution is 5.96. The van der Waals surface area contributed by atoms with Gasteiger partial charge < -0.3 is 20.5 Å². The van der Waals surface area contributed by atoms with Crippen LogP contribution in [0, 0.1) is 0 Å². The number of aromatic amines is 1. The van der Waals surface area contributed by atoms with Crippen molar-refractivity contribution in [2.24, 2.45) is 0 Å². The lowest BCUT2D eigenvalue weighted by molar-refractivity contribution is -0.143. The first-order chi connectivity index (χ1) is 20.3. The molecule has 12 heteroatoms. The summed E-state index contributed by atoms with van der Waals surface area (Å²) < 4.78 is 81.1. The van der Waals surface area contributed by atoms with E-state index in [0.29, 0.717) is 17.8 Å². The van der Waals surface area contributed by atoms with Gasteiger partial charge in [0.25, 0.3) is 5.91 Å². The van der Waals surface area contributed by atoms with Crippen molar-refractivity contribution in [2.75, 3.05) is 25.4 Å². The number of hydrogen-bond donors (Lipinski definition) is 2. The van der Waals surface area contributed by atoms with E-state index in [1.54, 1.807) is 36.5 Å². The molecule has 1 aliphatic heterocycles. The second-order valence-corrected chi connectivity index (χ2v) is 10.3. The molecule has 0 radical (unpaired) electrons. The normalized spacial score (nSPS) is 16.3. The molecular formula is C31H26F6N4O2. The second-order valence-electron chi connectivity index (χ2n) is 10.3. The van der Waals surface area contributed by atoms with Crippen LogP contribution in [0.25, 0.3) is 17.0 Å². The third-order valence-corrected chi connectivity index (χ3v) is 7.38. The maximum atomic E-state index is 13.6. The highest BCUT2D eigenvalue weighted by atomic mass is 19.4. The minimum atomic E-state index is -5.10. The number of para-hydroxylation sites is 1. The number of benzene rings is 3. The molecule has 1 aromatic heterocycles. The third kappa shape index (κ3) is 6.68. The van der Waals surface area contributed by atoms with Gasteiger partial charge in [-0.2, -0.15) is 26.3 Å². The predicted molar refractivity (Wildman–Crippen MR) is 150 cm³/mol. The molecule has 0 saturated carbocycles. The van der Waals surface area contributed by atoms with Gasteiger partial charge in [0.2, 0.25) is 5.91 Å². The van der Waals surface area contributed by atoms with Crippen molar-refractivity contribution in [2.45, 2.75) is 24.8 Å². The summed E-state index contributed by atoms with van der Waals surface area (Å²) >= 11 is 0. The third-order valence-electron chi connectivity index (χ3n) is 7.38. The Morgan fingerprint density at radius 1 is 0.907 bits per heavy atom. The van der Waals surface area contributed by atoms with E-state index in [4.69, 9.17) is 5.73 Å². The fourth-order valence-electron chi connectivity index (χ4n) is 5.18. The number of aromatic nitrogens is 1. The van der Waals surface area contributed by atoms with Gasteiger partial charge in [-0.25, -0.2) is 0 Å².